The van der Waals surface area contributed by atoms with Gasteiger partial charge in [0.2, 0.25) is 0 Å². The van der Waals surface area contributed by atoms with Crippen LogP contribution in [0, 0.1) is 0 Å². The second kappa shape index (κ2) is 2.80. The van der Waals surface area contributed by atoms with Gasteiger partial charge in [-0.2, -0.15) is 0 Å². The largest absolute Gasteiger partial charge is 0.178 e. The highest BCUT2D eigenvalue weighted by molar-refractivity contribution is 14.5. The van der Waals surface area contributed by atoms with Crippen molar-refractivity contribution in [2.75, 3.05) is 0 Å². The molecule has 30 valence electrons. The van der Waals surface area contributed by atoms with E-state index in [9.17, 15) is 0 Å². The fraction of sp³-hybridized carbons (Fsp3) is 0. The molecule has 0 nitrogen and oxygen atoms in total. The van der Waals surface area contributed by atoms with Crippen molar-refractivity contribution in [3.05, 3.63) is 0 Å². The van der Waals surface area contributed by atoms with E-state index < -0.39 is 1.39 Å². The Labute approximate surface area is 70.6 Å². The van der Waals surface area contributed by atoms with Gasteiger partial charge in [0.15, 0.2) is 7.12 Å². The minimum absolute atomic E-state index is 0.757. The van der Waals surface area contributed by atoms with Crippen molar-refractivity contribution in [1.82, 2.24) is 0 Å². The van der Waals surface area contributed by atoms with Crippen molar-refractivity contribution in [3.63, 3.8) is 0 Å². The van der Waals surface area contributed by atoms with Gasteiger partial charge in [0, 0.05) is 0 Å². The van der Waals surface area contributed by atoms with Crippen LogP contribution in [0.15, 0.2) is 0 Å². The summed E-state index contributed by atoms with van der Waals surface area (Å²) in [7, 11) is 5.40. The molecule has 0 unspecified atom stereocenters. The van der Waals surface area contributed by atoms with Crippen molar-refractivity contribution in [3.8, 4) is 0 Å². The molecule has 0 rings (SSSR count). The van der Waals surface area contributed by atoms with E-state index >= 15 is 0 Å². The summed E-state index contributed by atoms with van der Waals surface area (Å²) in [5.41, 5.74) is 0. The summed E-state index contributed by atoms with van der Waals surface area (Å²) in [6.45, 7) is 0. The number of rotatable bonds is 0. The average molecular weight is 424 g/mol. The van der Waals surface area contributed by atoms with Gasteiger partial charge >= 0.3 is 0 Å². The monoisotopic (exact) mass is 424 g/mol. The van der Waals surface area contributed by atoms with Crippen LogP contribution in [-0.4, -0.2) is 7.12 Å². The maximum absolute atomic E-state index is 5.40. The van der Waals surface area contributed by atoms with Crippen LogP contribution in [0.2, 0.25) is 0 Å². The summed E-state index contributed by atoms with van der Waals surface area (Å²) in [5, 5.41) is 0. The third kappa shape index (κ3) is 20.6. The molecule has 0 aromatic heterocycles. The Balaban J connectivity index is 3.02. The fourth-order valence-electron chi connectivity index (χ4n) is 0. The van der Waals surface area contributed by atoms with Gasteiger partial charge in [-0.15, -0.1) is 1.39 Å². The Bertz CT molecular complexity index is 22.4. The van der Waals surface area contributed by atoms with Crippen LogP contribution in [0.25, 0.3) is 0 Å². The predicted octanol–water partition coefficient (Wildman–Crippen LogP) is 2.92. The molecule has 0 fully saturated rings. The van der Waals surface area contributed by atoms with E-state index in [1.54, 1.807) is 0 Å². The summed E-state index contributed by atoms with van der Waals surface area (Å²) < 4.78 is -0.757. The molecule has 0 saturated heterocycles. The predicted molar refractivity (Wildman–Crippen MR) is 55.4 cm³/mol. The number of halogens is 3. The van der Waals surface area contributed by atoms with E-state index in [1.165, 1.54) is 0 Å². The first-order chi connectivity index (χ1) is 2.00. The van der Waals surface area contributed by atoms with Crippen LogP contribution in [-0.2, 0) is 0 Å². The summed E-state index contributed by atoms with van der Waals surface area (Å²) >= 11 is 6.64. The van der Waals surface area contributed by atoms with E-state index in [1.807, 2.05) is 0 Å². The zero-order valence-electron chi connectivity index (χ0n) is 2.12. The quantitative estimate of drug-likeness (QED) is 0.415. The zero-order chi connectivity index (χ0) is 4.50. The first-order valence-corrected chi connectivity index (χ1v) is 10.0. The molecule has 2 radical (unpaired) electrons. The third-order valence-electron chi connectivity index (χ3n) is 0. The van der Waals surface area contributed by atoms with Crippen LogP contribution < -0.4 is 0 Å². The minimum Gasteiger partial charge on any atom is -0.126 e. The van der Waals surface area contributed by atoms with Gasteiger partial charge in [-0.3, -0.25) is 0 Å². The Morgan fingerprint density at radius 3 is 1.20 bits per heavy atom. The van der Waals surface area contributed by atoms with Crippen LogP contribution in [0.5, 0.6) is 0 Å². The first kappa shape index (κ1) is 7.60. The lowest BCUT2D eigenvalue weighted by Gasteiger charge is -2.05. The highest BCUT2D eigenvalue weighted by atomic mass is 127. The van der Waals surface area contributed by atoms with Crippen LogP contribution in [0.4, 0.5) is 0 Å². The van der Waals surface area contributed by atoms with Crippen LogP contribution >= 0.6 is 65.0 Å². The zero-order valence-corrected chi connectivity index (χ0v) is 9.41. The highest BCUT2D eigenvalue weighted by Gasteiger charge is 1.96. The number of hydrogen-bond acceptors (Lipinski definition) is 0. The van der Waals surface area contributed by atoms with Crippen LogP contribution in [0.1, 0.15) is 0 Å². The van der Waals surface area contributed by atoms with Crippen LogP contribution in [0.3, 0.4) is 0 Å². The summed E-state index contributed by atoms with van der Waals surface area (Å²) in [5.74, 6) is 0. The van der Waals surface area contributed by atoms with E-state index in [0.717, 1.165) is 0 Å². The maximum atomic E-state index is 5.40. The summed E-state index contributed by atoms with van der Waals surface area (Å²) in [6.07, 6.45) is 0. The van der Waals surface area contributed by atoms with E-state index in [0.29, 0.717) is 0 Å². The van der Waals surface area contributed by atoms with E-state index in [4.69, 9.17) is 7.12 Å². The van der Waals surface area contributed by atoms with Gasteiger partial charge in [-0.1, -0.05) is 0 Å². The first-order valence-electron chi connectivity index (χ1n) is 0.699. The minimum atomic E-state index is -0.757. The van der Waals surface area contributed by atoms with Gasteiger partial charge in [0.1, 0.15) is 0 Å². The molecule has 0 atom stereocenters. The molecule has 0 aliphatic rings. The molecule has 0 aliphatic carbocycles. The molecular weight excluding hydrogens is 424 g/mol. The van der Waals surface area contributed by atoms with E-state index in [2.05, 4.69) is 63.6 Å². The normalized spacial score (nSPS) is 15.0. The van der Waals surface area contributed by atoms with Gasteiger partial charge in [-0.25, -0.2) is 0 Å². The average Bonchev–Trinajstić information content (AvgIpc) is 0.722. The lowest BCUT2D eigenvalue weighted by Crippen LogP contribution is -1.50. The molecule has 0 amide bonds. The number of hydrogen-bond donors (Lipinski definition) is 0. The molecule has 0 aromatic carbocycles. The second-order valence-corrected chi connectivity index (χ2v) is 29.0. The smallest absolute Gasteiger partial charge is 0.126 e. The molecule has 0 aromatic rings. The standard InChI is InChI=1S/BI3S/c1-5(2,3)4. The molecule has 5 heavy (non-hydrogen) atoms. The Kier molecular flexibility index (Phi) is 4.26. The molecule has 0 N–H and O–H groups in total. The van der Waals surface area contributed by atoms with Crippen molar-refractivity contribution in [1.29, 1.82) is 0 Å². The lowest BCUT2D eigenvalue weighted by molar-refractivity contribution is 5.25. The Morgan fingerprint density at radius 1 is 1.20 bits per heavy atom. The van der Waals surface area contributed by atoms with Crippen molar-refractivity contribution < 1.29 is 0 Å². The molecule has 0 saturated carbocycles. The SMILES string of the molecule is [B]S(I)(I)I. The Morgan fingerprint density at radius 2 is 1.20 bits per heavy atom. The molecule has 0 spiro atoms. The molecule has 5 heteroatoms. The van der Waals surface area contributed by atoms with Gasteiger partial charge in [0.25, 0.3) is 0 Å². The molecule has 0 heterocycles. The Hall–Kier alpha value is 2.60. The van der Waals surface area contributed by atoms with E-state index in [-0.39, 0.29) is 0 Å². The third-order valence-corrected chi connectivity index (χ3v) is 0. The molecule has 0 aliphatic heterocycles. The maximum Gasteiger partial charge on any atom is 0.178 e. The molecular formula is BI3S. The fourth-order valence-corrected chi connectivity index (χ4v) is 0. The second-order valence-electron chi connectivity index (χ2n) is 0.442. The van der Waals surface area contributed by atoms with Crippen molar-refractivity contribution in [2.24, 2.45) is 0 Å². The van der Waals surface area contributed by atoms with Gasteiger partial charge < -0.3 is 0 Å². The van der Waals surface area contributed by atoms with Gasteiger partial charge in [0.05, 0.1) is 0 Å². The summed E-state index contributed by atoms with van der Waals surface area (Å²) in [4.78, 5) is 0. The van der Waals surface area contributed by atoms with Crippen molar-refractivity contribution >= 4 is 72.1 Å². The lowest BCUT2D eigenvalue weighted by atomic mass is 10.8. The molecule has 0 bridgehead atoms. The topological polar surface area (TPSA) is 0 Å². The van der Waals surface area contributed by atoms with Gasteiger partial charge in [-0.05, 0) is 63.6 Å². The van der Waals surface area contributed by atoms with Crippen molar-refractivity contribution in [2.45, 2.75) is 0 Å². The summed E-state index contributed by atoms with van der Waals surface area (Å²) in [6, 6.07) is 0. The highest BCUT2D eigenvalue weighted by Crippen LogP contribution is 2.67.